The molecule has 0 aliphatic carbocycles. The second-order valence-electron chi connectivity index (χ2n) is 9.73. The Balaban J connectivity index is 1.87. The van der Waals surface area contributed by atoms with Crippen molar-refractivity contribution in [1.82, 2.24) is 0 Å². The predicted molar refractivity (Wildman–Crippen MR) is 121 cm³/mol. The summed E-state index contributed by atoms with van der Waals surface area (Å²) < 4.78 is 12.0. The molecule has 0 saturated carbocycles. The Hall–Kier alpha value is -0.303. The molecule has 1 heterocycles. The van der Waals surface area contributed by atoms with E-state index in [1.807, 2.05) is 0 Å². The molecule has 2 nitrogen and oxygen atoms in total. The first-order valence-electron chi connectivity index (χ1n) is 11.5. The van der Waals surface area contributed by atoms with Crippen molar-refractivity contribution in [1.29, 1.82) is 0 Å². The average molecular weight is 395 g/mol. The van der Waals surface area contributed by atoms with Crippen LogP contribution in [0.2, 0.25) is 18.1 Å². The summed E-state index contributed by atoms with van der Waals surface area (Å²) in [6.07, 6.45) is 15.9. The summed E-state index contributed by atoms with van der Waals surface area (Å²) in [6.45, 7) is 14.8. The van der Waals surface area contributed by atoms with E-state index >= 15 is 0 Å². The molecular formula is C24H46O2Si. The van der Waals surface area contributed by atoms with Crippen LogP contribution in [-0.4, -0.2) is 27.1 Å². The zero-order chi connectivity index (χ0) is 20.2. The molecule has 2 unspecified atom stereocenters. The largest absolute Gasteiger partial charge is 0.417 e. The minimum atomic E-state index is -1.55. The van der Waals surface area contributed by atoms with Gasteiger partial charge in [0.25, 0.3) is 0 Å². The minimum absolute atomic E-state index is 0.320. The van der Waals surface area contributed by atoms with E-state index in [1.54, 1.807) is 0 Å². The molecule has 27 heavy (non-hydrogen) atoms. The molecule has 0 spiro atoms. The molecule has 0 aromatic heterocycles. The molecule has 2 atom stereocenters. The van der Waals surface area contributed by atoms with Crippen LogP contribution in [0.3, 0.4) is 0 Å². The van der Waals surface area contributed by atoms with Gasteiger partial charge in [-0.25, -0.2) is 0 Å². The lowest BCUT2D eigenvalue weighted by Crippen LogP contribution is -2.40. The van der Waals surface area contributed by atoms with Crippen LogP contribution >= 0.6 is 0 Å². The normalized spacial score (nSPS) is 19.6. The highest BCUT2D eigenvalue weighted by atomic mass is 28.4. The Morgan fingerprint density at radius 2 is 1.37 bits per heavy atom. The van der Waals surface area contributed by atoms with Crippen molar-refractivity contribution in [3.63, 3.8) is 0 Å². The van der Waals surface area contributed by atoms with Crippen molar-refractivity contribution in [3.05, 3.63) is 0 Å². The fourth-order valence-electron chi connectivity index (χ4n) is 3.05. The first-order valence-corrected chi connectivity index (χ1v) is 14.4. The summed E-state index contributed by atoms with van der Waals surface area (Å²) in [7, 11) is -1.55. The summed E-state index contributed by atoms with van der Waals surface area (Å²) in [4.78, 5) is 0. The number of ether oxygens (including phenoxy) is 1. The van der Waals surface area contributed by atoms with Crippen LogP contribution in [0.25, 0.3) is 0 Å². The van der Waals surface area contributed by atoms with Crippen molar-refractivity contribution in [2.24, 2.45) is 0 Å². The summed E-state index contributed by atoms with van der Waals surface area (Å²) in [6, 6.07) is 0. The van der Waals surface area contributed by atoms with E-state index in [4.69, 9.17) is 9.16 Å². The van der Waals surface area contributed by atoms with E-state index in [0.717, 1.165) is 19.4 Å². The van der Waals surface area contributed by atoms with Crippen LogP contribution in [0, 0.1) is 11.8 Å². The van der Waals surface area contributed by atoms with E-state index in [1.165, 1.54) is 64.2 Å². The number of hydrogen-bond acceptors (Lipinski definition) is 2. The second kappa shape index (κ2) is 13.0. The van der Waals surface area contributed by atoms with E-state index in [9.17, 15) is 0 Å². The average Bonchev–Trinajstić information content (AvgIpc) is 3.33. The highest BCUT2D eigenvalue weighted by Gasteiger charge is 2.37. The Kier molecular flexibility index (Phi) is 11.9. The van der Waals surface area contributed by atoms with Gasteiger partial charge in [0.05, 0.1) is 12.2 Å². The Morgan fingerprint density at radius 1 is 0.815 bits per heavy atom. The molecule has 0 amide bonds. The Labute approximate surface area is 171 Å². The van der Waals surface area contributed by atoms with Crippen LogP contribution in [0.15, 0.2) is 0 Å². The summed E-state index contributed by atoms with van der Waals surface area (Å²) in [5.41, 5.74) is 0. The highest BCUT2D eigenvalue weighted by Crippen LogP contribution is 2.36. The molecule has 0 bridgehead atoms. The fraction of sp³-hybridized carbons (Fsp3) is 0.917. The molecule has 3 heteroatoms. The van der Waals surface area contributed by atoms with Gasteiger partial charge >= 0.3 is 0 Å². The number of unbranched alkanes of at least 4 members (excludes halogenated alkanes) is 7. The van der Waals surface area contributed by atoms with Crippen LogP contribution in [0.5, 0.6) is 0 Å². The lowest BCUT2D eigenvalue weighted by Gasteiger charge is -2.36. The SMILES string of the molecule is CCCCCC1OC1CCCCC#CCCCCCO[Si](C)(C)C(C)(C)C. The molecule has 158 valence electrons. The number of epoxide rings is 1. The zero-order valence-electron chi connectivity index (χ0n) is 19.2. The Bertz CT molecular complexity index is 442. The topological polar surface area (TPSA) is 21.8 Å². The maximum atomic E-state index is 6.22. The molecule has 1 rings (SSSR count). The molecule has 1 fully saturated rings. The molecule has 0 aromatic carbocycles. The third-order valence-corrected chi connectivity index (χ3v) is 10.7. The van der Waals surface area contributed by atoms with Crippen molar-refractivity contribution < 1.29 is 9.16 Å². The van der Waals surface area contributed by atoms with Crippen molar-refractivity contribution in [3.8, 4) is 11.8 Å². The lowest BCUT2D eigenvalue weighted by molar-refractivity contribution is 0.278. The fourth-order valence-corrected chi connectivity index (χ4v) is 4.14. The highest BCUT2D eigenvalue weighted by molar-refractivity contribution is 6.74. The standard InChI is InChI=1S/C24H46O2Si/c1-7-8-16-19-22-23(26-22)20-17-14-12-10-9-11-13-15-18-21-25-27(5,6)24(2,3)4/h22-23H,7-8,11-21H2,1-6H3. The number of hydrogen-bond donors (Lipinski definition) is 0. The zero-order valence-corrected chi connectivity index (χ0v) is 20.2. The van der Waals surface area contributed by atoms with Gasteiger partial charge in [-0.2, -0.15) is 0 Å². The first-order chi connectivity index (χ1) is 12.8. The van der Waals surface area contributed by atoms with Gasteiger partial charge in [-0.15, -0.1) is 11.8 Å². The predicted octanol–water partition coefficient (Wildman–Crippen LogP) is 7.48. The minimum Gasteiger partial charge on any atom is -0.417 e. The molecule has 1 aliphatic heterocycles. The van der Waals surface area contributed by atoms with Gasteiger partial charge in [0.15, 0.2) is 8.32 Å². The number of rotatable bonds is 14. The molecule has 0 N–H and O–H groups in total. The molecule has 0 radical (unpaired) electrons. The van der Waals surface area contributed by atoms with Gasteiger partial charge in [-0.1, -0.05) is 53.4 Å². The summed E-state index contributed by atoms with van der Waals surface area (Å²) in [5.74, 6) is 6.70. The van der Waals surface area contributed by atoms with Gasteiger partial charge in [0.2, 0.25) is 0 Å². The maximum Gasteiger partial charge on any atom is 0.191 e. The molecule has 1 aliphatic rings. The van der Waals surface area contributed by atoms with Crippen molar-refractivity contribution in [2.75, 3.05) is 6.61 Å². The molecule has 1 saturated heterocycles. The smallest absolute Gasteiger partial charge is 0.191 e. The maximum absolute atomic E-state index is 6.22. The second-order valence-corrected chi connectivity index (χ2v) is 14.5. The molecular weight excluding hydrogens is 348 g/mol. The lowest BCUT2D eigenvalue weighted by atomic mass is 10.1. The van der Waals surface area contributed by atoms with E-state index in [-0.39, 0.29) is 0 Å². The monoisotopic (exact) mass is 394 g/mol. The van der Waals surface area contributed by atoms with Gasteiger partial charge in [-0.05, 0) is 56.7 Å². The third-order valence-electron chi connectivity index (χ3n) is 6.16. The van der Waals surface area contributed by atoms with E-state index in [0.29, 0.717) is 17.2 Å². The van der Waals surface area contributed by atoms with Crippen LogP contribution in [0.1, 0.15) is 105 Å². The van der Waals surface area contributed by atoms with Crippen LogP contribution in [-0.2, 0) is 9.16 Å². The van der Waals surface area contributed by atoms with Gasteiger partial charge in [0.1, 0.15) is 0 Å². The van der Waals surface area contributed by atoms with Gasteiger partial charge < -0.3 is 9.16 Å². The van der Waals surface area contributed by atoms with Crippen LogP contribution in [0.4, 0.5) is 0 Å². The van der Waals surface area contributed by atoms with Crippen LogP contribution < -0.4 is 0 Å². The first kappa shape index (κ1) is 24.7. The third kappa shape index (κ3) is 11.3. The summed E-state index contributed by atoms with van der Waals surface area (Å²) in [5, 5.41) is 0.320. The van der Waals surface area contributed by atoms with Gasteiger partial charge in [0, 0.05) is 19.4 Å². The van der Waals surface area contributed by atoms with Crippen molar-refractivity contribution >= 4 is 8.32 Å². The van der Waals surface area contributed by atoms with E-state index in [2.05, 4.69) is 52.6 Å². The van der Waals surface area contributed by atoms with Gasteiger partial charge in [-0.3, -0.25) is 0 Å². The molecule has 0 aromatic rings. The Morgan fingerprint density at radius 3 is 1.93 bits per heavy atom. The summed E-state index contributed by atoms with van der Waals surface area (Å²) >= 11 is 0. The van der Waals surface area contributed by atoms with Crippen molar-refractivity contribution in [2.45, 2.75) is 135 Å². The van der Waals surface area contributed by atoms with E-state index < -0.39 is 8.32 Å². The quantitative estimate of drug-likeness (QED) is 0.132.